The molecule has 0 radical (unpaired) electrons. The summed E-state index contributed by atoms with van der Waals surface area (Å²) in [5, 5.41) is 49.5. The van der Waals surface area contributed by atoms with Crippen molar-refractivity contribution in [3.05, 3.63) is 33.4 Å². The lowest BCUT2D eigenvalue weighted by Gasteiger charge is -2.04. The van der Waals surface area contributed by atoms with Crippen molar-refractivity contribution < 1.29 is 25.0 Å². The van der Waals surface area contributed by atoms with E-state index >= 15 is 0 Å². The standard InChI is InChI=1S/C13H13N3O6/c14-7-9(13(20)15-2-1-3-17)4-8-5-10(16(21)22)12(19)11(18)6-8/h4-6,17-19H,1-3H2,(H,15,20). The van der Waals surface area contributed by atoms with Gasteiger partial charge in [-0.05, 0) is 24.1 Å². The Balaban J connectivity index is 3.11. The third-order valence-electron chi connectivity index (χ3n) is 2.59. The highest BCUT2D eigenvalue weighted by atomic mass is 16.6. The van der Waals surface area contributed by atoms with Gasteiger partial charge < -0.3 is 20.6 Å². The number of aromatic hydroxyl groups is 2. The number of nitrogens with zero attached hydrogens (tertiary/aromatic N) is 2. The zero-order valence-corrected chi connectivity index (χ0v) is 11.3. The maximum Gasteiger partial charge on any atom is 0.315 e. The van der Waals surface area contributed by atoms with Gasteiger partial charge in [0.25, 0.3) is 5.91 Å². The van der Waals surface area contributed by atoms with Crippen LogP contribution in [0, 0.1) is 21.4 Å². The SMILES string of the molecule is N#CC(=Cc1cc(O)c(O)c([N+](=O)[O-])c1)C(=O)NCCCO. The molecule has 0 heterocycles. The maximum absolute atomic E-state index is 11.7. The minimum Gasteiger partial charge on any atom is -0.504 e. The summed E-state index contributed by atoms with van der Waals surface area (Å²) < 4.78 is 0. The molecule has 0 atom stereocenters. The highest BCUT2D eigenvalue weighted by molar-refractivity contribution is 6.01. The van der Waals surface area contributed by atoms with Gasteiger partial charge in [0, 0.05) is 19.2 Å². The molecule has 0 bridgehead atoms. The first kappa shape index (κ1) is 16.9. The minimum absolute atomic E-state index is 0.0101. The molecule has 1 aromatic carbocycles. The van der Waals surface area contributed by atoms with E-state index in [-0.39, 0.29) is 24.3 Å². The van der Waals surface area contributed by atoms with Gasteiger partial charge >= 0.3 is 5.69 Å². The zero-order chi connectivity index (χ0) is 16.7. The number of carbonyl (C=O) groups excluding carboxylic acids is 1. The highest BCUT2D eigenvalue weighted by Gasteiger charge is 2.19. The second-order valence-electron chi connectivity index (χ2n) is 4.17. The van der Waals surface area contributed by atoms with Gasteiger partial charge in [0.15, 0.2) is 5.75 Å². The molecule has 9 nitrogen and oxygen atoms in total. The third-order valence-corrected chi connectivity index (χ3v) is 2.59. The van der Waals surface area contributed by atoms with Crippen LogP contribution < -0.4 is 5.32 Å². The lowest BCUT2D eigenvalue weighted by atomic mass is 10.1. The molecule has 1 rings (SSSR count). The van der Waals surface area contributed by atoms with Crippen molar-refractivity contribution >= 4 is 17.7 Å². The van der Waals surface area contributed by atoms with E-state index in [1.165, 1.54) is 0 Å². The van der Waals surface area contributed by atoms with Crippen LogP contribution in [0.25, 0.3) is 6.08 Å². The molecule has 0 spiro atoms. The number of hydrogen-bond donors (Lipinski definition) is 4. The minimum atomic E-state index is -0.903. The largest absolute Gasteiger partial charge is 0.504 e. The van der Waals surface area contributed by atoms with Crippen molar-refractivity contribution in [2.75, 3.05) is 13.2 Å². The van der Waals surface area contributed by atoms with Gasteiger partial charge in [-0.25, -0.2) is 0 Å². The van der Waals surface area contributed by atoms with E-state index in [9.17, 15) is 25.1 Å². The number of benzene rings is 1. The fourth-order valence-electron chi connectivity index (χ4n) is 1.54. The Morgan fingerprint density at radius 2 is 2.14 bits per heavy atom. The molecule has 1 aromatic rings. The number of phenolic OH excluding ortho intramolecular Hbond substituents is 2. The number of nitrogens with one attached hydrogen (secondary N) is 1. The molecule has 22 heavy (non-hydrogen) atoms. The van der Waals surface area contributed by atoms with Crippen LogP contribution in [0.3, 0.4) is 0 Å². The molecule has 0 aliphatic rings. The molecule has 0 saturated heterocycles. The van der Waals surface area contributed by atoms with Crippen molar-refractivity contribution in [2.45, 2.75) is 6.42 Å². The molecule has 116 valence electrons. The van der Waals surface area contributed by atoms with Crippen LogP contribution in [-0.2, 0) is 4.79 Å². The number of nitriles is 1. The topological polar surface area (TPSA) is 157 Å². The van der Waals surface area contributed by atoms with Crippen LogP contribution in [0.15, 0.2) is 17.7 Å². The number of hydrogen-bond acceptors (Lipinski definition) is 7. The quantitative estimate of drug-likeness (QED) is 0.148. The van der Waals surface area contributed by atoms with Crippen LogP contribution in [0.5, 0.6) is 11.5 Å². The van der Waals surface area contributed by atoms with E-state index in [0.29, 0.717) is 6.42 Å². The van der Waals surface area contributed by atoms with E-state index in [0.717, 1.165) is 18.2 Å². The number of nitro benzene ring substituents is 1. The number of aliphatic hydroxyl groups excluding tert-OH is 1. The molecular weight excluding hydrogens is 294 g/mol. The summed E-state index contributed by atoms with van der Waals surface area (Å²) in [6.07, 6.45) is 1.36. The van der Waals surface area contributed by atoms with Crippen LogP contribution >= 0.6 is 0 Å². The van der Waals surface area contributed by atoms with Crippen LogP contribution in [0.1, 0.15) is 12.0 Å². The Bertz CT molecular complexity index is 662. The van der Waals surface area contributed by atoms with E-state index in [4.69, 9.17) is 10.4 Å². The van der Waals surface area contributed by atoms with Crippen molar-refractivity contribution in [1.82, 2.24) is 5.32 Å². The predicted molar refractivity (Wildman–Crippen MR) is 74.7 cm³/mol. The predicted octanol–water partition coefficient (Wildman–Crippen LogP) is 0.412. The van der Waals surface area contributed by atoms with Crippen molar-refractivity contribution in [1.29, 1.82) is 5.26 Å². The number of aliphatic hydroxyl groups is 1. The van der Waals surface area contributed by atoms with Gasteiger partial charge in [-0.15, -0.1) is 0 Å². The first-order valence-corrected chi connectivity index (χ1v) is 6.12. The Kier molecular flexibility index (Phi) is 5.85. The van der Waals surface area contributed by atoms with Crippen molar-refractivity contribution in [3.8, 4) is 17.6 Å². The molecule has 0 aliphatic carbocycles. The lowest BCUT2D eigenvalue weighted by molar-refractivity contribution is -0.386. The van der Waals surface area contributed by atoms with Crippen LogP contribution in [-0.4, -0.2) is 39.3 Å². The fourth-order valence-corrected chi connectivity index (χ4v) is 1.54. The van der Waals surface area contributed by atoms with Crippen molar-refractivity contribution in [3.63, 3.8) is 0 Å². The van der Waals surface area contributed by atoms with Crippen molar-refractivity contribution in [2.24, 2.45) is 0 Å². The molecule has 9 heteroatoms. The summed E-state index contributed by atoms with van der Waals surface area (Å²) in [7, 11) is 0. The molecule has 0 saturated carbocycles. The molecule has 0 unspecified atom stereocenters. The summed E-state index contributed by atoms with van der Waals surface area (Å²) in [5.41, 5.74) is -1.07. The Hall–Kier alpha value is -3.12. The van der Waals surface area contributed by atoms with Gasteiger partial charge in [0.1, 0.15) is 11.6 Å². The Labute approximate surface area is 124 Å². The molecule has 4 N–H and O–H groups in total. The first-order valence-electron chi connectivity index (χ1n) is 6.12. The van der Waals surface area contributed by atoms with Gasteiger partial charge in [0.05, 0.1) is 4.92 Å². The number of rotatable bonds is 6. The Morgan fingerprint density at radius 1 is 1.45 bits per heavy atom. The third kappa shape index (κ3) is 4.19. The number of nitro groups is 1. The monoisotopic (exact) mass is 307 g/mol. The summed E-state index contributed by atoms with van der Waals surface area (Å²) in [5.74, 6) is -2.35. The van der Waals surface area contributed by atoms with Gasteiger partial charge in [-0.1, -0.05) is 0 Å². The number of carbonyl (C=O) groups is 1. The van der Waals surface area contributed by atoms with Gasteiger partial charge in [-0.2, -0.15) is 5.26 Å². The van der Waals surface area contributed by atoms with Crippen LogP contribution in [0.2, 0.25) is 0 Å². The van der Waals surface area contributed by atoms with E-state index in [1.54, 1.807) is 6.07 Å². The number of amides is 1. The molecule has 0 aromatic heterocycles. The smallest absolute Gasteiger partial charge is 0.315 e. The summed E-state index contributed by atoms with van der Waals surface area (Å²) in [4.78, 5) is 21.5. The molecular formula is C13H13N3O6. The van der Waals surface area contributed by atoms with Gasteiger partial charge in [-0.3, -0.25) is 14.9 Å². The van der Waals surface area contributed by atoms with Gasteiger partial charge in [0.2, 0.25) is 5.75 Å². The number of phenols is 2. The average Bonchev–Trinajstić information content (AvgIpc) is 2.47. The maximum atomic E-state index is 11.7. The van der Waals surface area contributed by atoms with E-state index in [1.807, 2.05) is 0 Å². The first-order chi connectivity index (χ1) is 10.4. The average molecular weight is 307 g/mol. The molecule has 1 amide bonds. The fraction of sp³-hybridized carbons (Fsp3) is 0.231. The Morgan fingerprint density at radius 3 is 2.68 bits per heavy atom. The zero-order valence-electron chi connectivity index (χ0n) is 11.3. The summed E-state index contributed by atoms with van der Waals surface area (Å²) in [6.45, 7) is 0.0409. The normalized spacial score (nSPS) is 10.8. The second kappa shape index (κ2) is 7.61. The van der Waals surface area contributed by atoms with E-state index in [2.05, 4.69) is 5.32 Å². The highest BCUT2D eigenvalue weighted by Crippen LogP contribution is 2.36. The van der Waals surface area contributed by atoms with E-state index < -0.39 is 28.0 Å². The molecule has 0 fully saturated rings. The van der Waals surface area contributed by atoms with Crippen LogP contribution in [0.4, 0.5) is 5.69 Å². The molecule has 0 aliphatic heterocycles. The second-order valence-corrected chi connectivity index (χ2v) is 4.17. The lowest BCUT2D eigenvalue weighted by Crippen LogP contribution is -2.26. The summed E-state index contributed by atoms with van der Waals surface area (Å²) >= 11 is 0. The summed E-state index contributed by atoms with van der Waals surface area (Å²) in [6, 6.07) is 3.54.